The van der Waals surface area contributed by atoms with Crippen LogP contribution in [0.2, 0.25) is 0 Å². The van der Waals surface area contributed by atoms with E-state index in [1.807, 2.05) is 84.9 Å². The quantitative estimate of drug-likeness (QED) is 0.183. The first-order valence-electron chi connectivity index (χ1n) is 10.2. The van der Waals surface area contributed by atoms with Gasteiger partial charge in [-0.2, -0.15) is 5.10 Å². The van der Waals surface area contributed by atoms with Crippen LogP contribution in [0.3, 0.4) is 0 Å². The van der Waals surface area contributed by atoms with Gasteiger partial charge in [0.1, 0.15) is 0 Å². The molecule has 0 heterocycles. The van der Waals surface area contributed by atoms with Crippen LogP contribution in [-0.2, 0) is 9.59 Å². The van der Waals surface area contributed by atoms with E-state index in [1.165, 1.54) is 0 Å². The third kappa shape index (κ3) is 3.68. The van der Waals surface area contributed by atoms with Crippen molar-refractivity contribution in [1.29, 1.82) is 0 Å². The molecule has 5 nitrogen and oxygen atoms in total. The van der Waals surface area contributed by atoms with E-state index in [1.54, 1.807) is 12.3 Å². The molecule has 0 aromatic heterocycles. The van der Waals surface area contributed by atoms with E-state index in [0.29, 0.717) is 5.69 Å². The van der Waals surface area contributed by atoms with Crippen molar-refractivity contribution in [2.24, 2.45) is 5.10 Å². The maximum absolute atomic E-state index is 12.4. The van der Waals surface area contributed by atoms with E-state index in [9.17, 15) is 9.59 Å². The molecule has 0 bridgehead atoms. The first-order valence-corrected chi connectivity index (χ1v) is 10.2. The molecule has 2 N–H and O–H groups in total. The van der Waals surface area contributed by atoms with Gasteiger partial charge in [0.05, 0.1) is 6.21 Å². The van der Waals surface area contributed by atoms with E-state index in [4.69, 9.17) is 0 Å². The molecule has 32 heavy (non-hydrogen) atoms. The maximum Gasteiger partial charge on any atom is 0.329 e. The summed E-state index contributed by atoms with van der Waals surface area (Å²) in [7, 11) is 0. The second-order valence-electron chi connectivity index (χ2n) is 7.41. The van der Waals surface area contributed by atoms with E-state index in [-0.39, 0.29) is 0 Å². The largest absolute Gasteiger partial charge is 0.329 e. The van der Waals surface area contributed by atoms with Crippen molar-refractivity contribution in [3.05, 3.63) is 103 Å². The number of hydrazone groups is 1. The van der Waals surface area contributed by atoms with Crippen molar-refractivity contribution in [1.82, 2.24) is 5.43 Å². The molecule has 0 fully saturated rings. The number of rotatable bonds is 3. The van der Waals surface area contributed by atoms with Crippen molar-refractivity contribution in [3.8, 4) is 0 Å². The van der Waals surface area contributed by atoms with Gasteiger partial charge in [0, 0.05) is 16.6 Å². The number of hydrogen-bond acceptors (Lipinski definition) is 3. The predicted molar refractivity (Wildman–Crippen MR) is 130 cm³/mol. The SMILES string of the molecule is O=C(N/N=C/c1c2ccccc2cc2ccccc12)C(=O)Nc1cccc2ccccc12. The molecule has 0 saturated carbocycles. The Morgan fingerprint density at radius 2 is 1.19 bits per heavy atom. The van der Waals surface area contributed by atoms with Gasteiger partial charge in [0.25, 0.3) is 0 Å². The summed E-state index contributed by atoms with van der Waals surface area (Å²) >= 11 is 0. The summed E-state index contributed by atoms with van der Waals surface area (Å²) in [6.45, 7) is 0. The Morgan fingerprint density at radius 1 is 0.625 bits per heavy atom. The standard InChI is InChI=1S/C27H19N3O2/c31-26(29-25-15-7-11-18-8-1-6-14-23(18)25)27(32)30-28-17-24-21-12-4-2-9-19(21)16-20-10-3-5-13-22(20)24/h1-17H,(H,29,31)(H,30,32)/b28-17+. The van der Waals surface area contributed by atoms with Crippen LogP contribution in [0.5, 0.6) is 0 Å². The number of nitrogens with zero attached hydrogens (tertiary/aromatic N) is 1. The average Bonchev–Trinajstić information content (AvgIpc) is 2.83. The molecule has 0 spiro atoms. The minimum absolute atomic E-state index is 0.576. The van der Waals surface area contributed by atoms with Gasteiger partial charge in [-0.1, -0.05) is 84.9 Å². The minimum atomic E-state index is -0.835. The van der Waals surface area contributed by atoms with Crippen LogP contribution in [0.1, 0.15) is 5.56 Å². The van der Waals surface area contributed by atoms with Gasteiger partial charge >= 0.3 is 11.8 Å². The molecule has 5 heteroatoms. The number of anilines is 1. The second kappa shape index (κ2) is 8.32. The molecular formula is C27H19N3O2. The number of carbonyl (C=O) groups excluding carboxylic acids is 2. The highest BCUT2D eigenvalue weighted by atomic mass is 16.2. The molecular weight excluding hydrogens is 398 g/mol. The highest BCUT2D eigenvalue weighted by Crippen LogP contribution is 2.27. The van der Waals surface area contributed by atoms with E-state index in [2.05, 4.69) is 21.9 Å². The normalized spacial score (nSPS) is 11.2. The summed E-state index contributed by atoms with van der Waals surface area (Å²) < 4.78 is 0. The molecule has 5 rings (SSSR count). The highest BCUT2D eigenvalue weighted by molar-refractivity contribution is 6.40. The molecule has 5 aromatic carbocycles. The van der Waals surface area contributed by atoms with Crippen LogP contribution in [0.15, 0.2) is 102 Å². The molecule has 5 aromatic rings. The van der Waals surface area contributed by atoms with Gasteiger partial charge in [-0.15, -0.1) is 0 Å². The summed E-state index contributed by atoms with van der Waals surface area (Å²) in [5.41, 5.74) is 3.81. The van der Waals surface area contributed by atoms with Gasteiger partial charge in [0.15, 0.2) is 0 Å². The number of hydrogen-bond donors (Lipinski definition) is 2. The maximum atomic E-state index is 12.4. The molecule has 0 aliphatic carbocycles. The van der Waals surface area contributed by atoms with E-state index in [0.717, 1.165) is 37.9 Å². The monoisotopic (exact) mass is 417 g/mol. The highest BCUT2D eigenvalue weighted by Gasteiger charge is 2.14. The second-order valence-corrected chi connectivity index (χ2v) is 7.41. The summed E-state index contributed by atoms with van der Waals surface area (Å²) in [5, 5.41) is 12.8. The number of benzene rings is 5. The first kappa shape index (κ1) is 19.5. The molecule has 154 valence electrons. The number of nitrogens with one attached hydrogen (secondary N) is 2. The Labute approximate surface area is 184 Å². The molecule has 0 radical (unpaired) electrons. The summed E-state index contributed by atoms with van der Waals surface area (Å²) in [6.07, 6.45) is 1.59. The molecule has 0 aliphatic rings. The third-order valence-electron chi connectivity index (χ3n) is 5.42. The zero-order valence-electron chi connectivity index (χ0n) is 17.1. The lowest BCUT2D eigenvalue weighted by atomic mass is 9.97. The molecule has 0 unspecified atom stereocenters. The van der Waals surface area contributed by atoms with Gasteiger partial charge < -0.3 is 5.32 Å². The minimum Gasteiger partial charge on any atom is -0.317 e. The summed E-state index contributed by atoms with van der Waals surface area (Å²) in [5.74, 6) is -1.61. The topological polar surface area (TPSA) is 70.6 Å². The summed E-state index contributed by atoms with van der Waals surface area (Å²) in [4.78, 5) is 24.8. The van der Waals surface area contributed by atoms with Gasteiger partial charge in [-0.3, -0.25) is 9.59 Å². The Bertz CT molecular complexity index is 1460. The van der Waals surface area contributed by atoms with Crippen molar-refractivity contribution >= 4 is 56.0 Å². The lowest BCUT2D eigenvalue weighted by Crippen LogP contribution is -2.32. The fourth-order valence-corrected chi connectivity index (χ4v) is 3.91. The van der Waals surface area contributed by atoms with Crippen LogP contribution >= 0.6 is 0 Å². The molecule has 0 saturated heterocycles. The Balaban J connectivity index is 1.38. The zero-order valence-corrected chi connectivity index (χ0v) is 17.1. The Kier molecular flexibility index (Phi) is 5.06. The summed E-state index contributed by atoms with van der Waals surface area (Å²) in [6, 6.07) is 31.3. The van der Waals surface area contributed by atoms with Crippen LogP contribution in [0.25, 0.3) is 32.3 Å². The van der Waals surface area contributed by atoms with Crippen molar-refractivity contribution in [2.45, 2.75) is 0 Å². The number of amides is 2. The smallest absolute Gasteiger partial charge is 0.317 e. The Hall–Kier alpha value is -4.51. The lowest BCUT2D eigenvalue weighted by molar-refractivity contribution is -0.136. The first-order chi connectivity index (χ1) is 15.7. The Morgan fingerprint density at radius 3 is 1.88 bits per heavy atom. The van der Waals surface area contributed by atoms with Crippen LogP contribution in [-0.4, -0.2) is 18.0 Å². The fourth-order valence-electron chi connectivity index (χ4n) is 3.91. The van der Waals surface area contributed by atoms with Crippen LogP contribution in [0, 0.1) is 0 Å². The van der Waals surface area contributed by atoms with Gasteiger partial charge in [-0.25, -0.2) is 5.43 Å². The van der Waals surface area contributed by atoms with Gasteiger partial charge in [0.2, 0.25) is 0 Å². The van der Waals surface area contributed by atoms with Gasteiger partial charge in [-0.05, 0) is 39.1 Å². The number of carbonyl (C=O) groups is 2. The zero-order chi connectivity index (χ0) is 21.9. The van der Waals surface area contributed by atoms with Crippen LogP contribution in [0.4, 0.5) is 5.69 Å². The predicted octanol–water partition coefficient (Wildman–Crippen LogP) is 5.24. The third-order valence-corrected chi connectivity index (χ3v) is 5.42. The van der Waals surface area contributed by atoms with Crippen molar-refractivity contribution in [3.63, 3.8) is 0 Å². The molecule has 2 amide bonds. The molecule has 0 aliphatic heterocycles. The number of fused-ring (bicyclic) bond motifs is 3. The van der Waals surface area contributed by atoms with E-state index >= 15 is 0 Å². The van der Waals surface area contributed by atoms with Crippen molar-refractivity contribution in [2.75, 3.05) is 5.32 Å². The molecule has 0 atom stereocenters. The lowest BCUT2D eigenvalue weighted by Gasteiger charge is -2.09. The average molecular weight is 417 g/mol. The van der Waals surface area contributed by atoms with Crippen LogP contribution < -0.4 is 10.7 Å². The van der Waals surface area contributed by atoms with E-state index < -0.39 is 11.8 Å². The van der Waals surface area contributed by atoms with Crippen molar-refractivity contribution < 1.29 is 9.59 Å². The fraction of sp³-hybridized carbons (Fsp3) is 0.